The minimum absolute atomic E-state index is 0.226. The second-order valence-electron chi connectivity index (χ2n) is 4.27. The zero-order valence-corrected chi connectivity index (χ0v) is 11.3. The number of nitrogens with one attached hydrogen (secondary N) is 1. The van der Waals surface area contributed by atoms with E-state index in [1.807, 2.05) is 10.9 Å². The molecule has 0 saturated heterocycles. The molecule has 17 heavy (non-hydrogen) atoms. The first-order chi connectivity index (χ1) is 8.22. The van der Waals surface area contributed by atoms with Crippen molar-refractivity contribution in [2.24, 2.45) is 0 Å². The van der Waals surface area contributed by atoms with Gasteiger partial charge in [0.25, 0.3) is 0 Å². The first-order valence-corrected chi connectivity index (χ1v) is 6.37. The molecule has 0 aliphatic rings. The highest BCUT2D eigenvalue weighted by molar-refractivity contribution is 5.02. The fraction of sp³-hybridized carbons (Fsp3) is 0.833. The van der Waals surface area contributed by atoms with Crippen LogP contribution in [0.5, 0.6) is 0 Å². The number of hydrogen-bond donors (Lipinski definition) is 1. The van der Waals surface area contributed by atoms with E-state index >= 15 is 0 Å². The van der Waals surface area contributed by atoms with Gasteiger partial charge in [0.05, 0.1) is 24.0 Å². The van der Waals surface area contributed by atoms with E-state index in [0.717, 1.165) is 31.6 Å². The van der Waals surface area contributed by atoms with E-state index in [2.05, 4.69) is 36.4 Å². The van der Waals surface area contributed by atoms with E-state index < -0.39 is 0 Å². The predicted molar refractivity (Wildman–Crippen MR) is 67.8 cm³/mol. The summed E-state index contributed by atoms with van der Waals surface area (Å²) in [6.07, 6.45) is 4.07. The van der Waals surface area contributed by atoms with Gasteiger partial charge < -0.3 is 10.1 Å². The average Bonchev–Trinajstić information content (AvgIpc) is 2.77. The van der Waals surface area contributed by atoms with Crippen LogP contribution in [0.2, 0.25) is 0 Å². The molecule has 0 fully saturated rings. The molecule has 0 saturated carbocycles. The third kappa shape index (κ3) is 4.09. The van der Waals surface area contributed by atoms with Crippen LogP contribution < -0.4 is 5.32 Å². The standard InChI is InChI=1S/C12H24N4O/c1-5-7-16-12(9-14-15-16)11(13-6-2)8-10(3)17-4/h9-11,13H,5-8H2,1-4H3. The molecule has 98 valence electrons. The normalized spacial score (nSPS) is 14.8. The second-order valence-corrected chi connectivity index (χ2v) is 4.27. The maximum atomic E-state index is 5.33. The Kier molecular flexibility index (Phi) is 6.15. The molecule has 0 aliphatic heterocycles. The van der Waals surface area contributed by atoms with Crippen LogP contribution in [0, 0.1) is 0 Å². The molecule has 0 bridgehead atoms. The summed E-state index contributed by atoms with van der Waals surface area (Å²) in [6.45, 7) is 8.18. The Hall–Kier alpha value is -0.940. The van der Waals surface area contributed by atoms with E-state index in [-0.39, 0.29) is 12.1 Å². The fourth-order valence-electron chi connectivity index (χ4n) is 1.90. The van der Waals surface area contributed by atoms with Gasteiger partial charge in [0.15, 0.2) is 0 Å². The molecule has 0 radical (unpaired) electrons. The molecular weight excluding hydrogens is 216 g/mol. The number of aromatic nitrogens is 3. The van der Waals surface area contributed by atoms with Crippen molar-refractivity contribution in [1.82, 2.24) is 20.3 Å². The van der Waals surface area contributed by atoms with E-state index in [1.165, 1.54) is 0 Å². The van der Waals surface area contributed by atoms with Crippen molar-refractivity contribution in [3.8, 4) is 0 Å². The molecule has 1 aromatic rings. The van der Waals surface area contributed by atoms with Gasteiger partial charge in [-0.15, -0.1) is 5.10 Å². The largest absolute Gasteiger partial charge is 0.382 e. The van der Waals surface area contributed by atoms with Crippen molar-refractivity contribution >= 4 is 0 Å². The van der Waals surface area contributed by atoms with Gasteiger partial charge in [0.2, 0.25) is 0 Å². The minimum Gasteiger partial charge on any atom is -0.382 e. The lowest BCUT2D eigenvalue weighted by atomic mass is 10.1. The zero-order valence-electron chi connectivity index (χ0n) is 11.3. The molecule has 0 aromatic carbocycles. The molecule has 1 aromatic heterocycles. The maximum Gasteiger partial charge on any atom is 0.0757 e. The second kappa shape index (κ2) is 7.40. The Morgan fingerprint density at radius 1 is 1.47 bits per heavy atom. The number of hydrogen-bond acceptors (Lipinski definition) is 4. The highest BCUT2D eigenvalue weighted by Gasteiger charge is 2.18. The van der Waals surface area contributed by atoms with Crippen LogP contribution in [0.4, 0.5) is 0 Å². The molecule has 0 aliphatic carbocycles. The van der Waals surface area contributed by atoms with Gasteiger partial charge >= 0.3 is 0 Å². The Labute approximate surface area is 104 Å². The summed E-state index contributed by atoms with van der Waals surface area (Å²) in [5.74, 6) is 0. The predicted octanol–water partition coefficient (Wildman–Crippen LogP) is 1.76. The van der Waals surface area contributed by atoms with Crippen molar-refractivity contribution in [3.63, 3.8) is 0 Å². The average molecular weight is 240 g/mol. The Balaban J connectivity index is 2.77. The molecule has 5 nitrogen and oxygen atoms in total. The molecule has 1 heterocycles. The smallest absolute Gasteiger partial charge is 0.0757 e. The highest BCUT2D eigenvalue weighted by atomic mass is 16.5. The first-order valence-electron chi connectivity index (χ1n) is 6.37. The van der Waals surface area contributed by atoms with Crippen molar-refractivity contribution in [1.29, 1.82) is 0 Å². The number of methoxy groups -OCH3 is 1. The van der Waals surface area contributed by atoms with Gasteiger partial charge in [-0.2, -0.15) is 0 Å². The molecule has 0 spiro atoms. The van der Waals surface area contributed by atoms with E-state index in [1.54, 1.807) is 7.11 Å². The lowest BCUT2D eigenvalue weighted by molar-refractivity contribution is 0.0995. The minimum atomic E-state index is 0.226. The van der Waals surface area contributed by atoms with Gasteiger partial charge in [-0.1, -0.05) is 19.1 Å². The summed E-state index contributed by atoms with van der Waals surface area (Å²) >= 11 is 0. The number of rotatable bonds is 8. The van der Waals surface area contributed by atoms with Gasteiger partial charge in [-0.05, 0) is 26.3 Å². The molecule has 2 atom stereocenters. The monoisotopic (exact) mass is 240 g/mol. The van der Waals surface area contributed by atoms with Crippen LogP contribution >= 0.6 is 0 Å². The quantitative estimate of drug-likeness (QED) is 0.752. The van der Waals surface area contributed by atoms with Crippen molar-refractivity contribution < 1.29 is 4.74 Å². The zero-order chi connectivity index (χ0) is 12.7. The van der Waals surface area contributed by atoms with Crippen LogP contribution in [0.3, 0.4) is 0 Å². The van der Waals surface area contributed by atoms with Crippen molar-refractivity contribution in [2.75, 3.05) is 13.7 Å². The van der Waals surface area contributed by atoms with Crippen LogP contribution in [0.25, 0.3) is 0 Å². The van der Waals surface area contributed by atoms with Crippen LogP contribution in [-0.2, 0) is 11.3 Å². The van der Waals surface area contributed by atoms with Crippen molar-refractivity contribution in [2.45, 2.75) is 52.3 Å². The van der Waals surface area contributed by atoms with E-state index in [9.17, 15) is 0 Å². The molecular formula is C12H24N4O. The third-order valence-electron chi connectivity index (χ3n) is 2.86. The Bertz CT molecular complexity index is 313. The maximum absolute atomic E-state index is 5.33. The summed E-state index contributed by atoms with van der Waals surface area (Å²) in [7, 11) is 1.75. The van der Waals surface area contributed by atoms with Gasteiger partial charge in [-0.25, -0.2) is 4.68 Å². The lowest BCUT2D eigenvalue weighted by Crippen LogP contribution is -2.27. The topological polar surface area (TPSA) is 52.0 Å². The molecule has 1 N–H and O–H groups in total. The summed E-state index contributed by atoms with van der Waals surface area (Å²) in [6, 6.07) is 0.261. The number of aryl methyl sites for hydroxylation is 1. The molecule has 0 amide bonds. The number of ether oxygens (including phenoxy) is 1. The highest BCUT2D eigenvalue weighted by Crippen LogP contribution is 2.18. The van der Waals surface area contributed by atoms with Crippen LogP contribution in [0.1, 0.15) is 45.3 Å². The van der Waals surface area contributed by atoms with Gasteiger partial charge in [0, 0.05) is 13.7 Å². The Morgan fingerprint density at radius 3 is 2.82 bits per heavy atom. The third-order valence-corrected chi connectivity index (χ3v) is 2.86. The SMILES string of the molecule is CCCn1nncc1C(CC(C)OC)NCC. The van der Waals surface area contributed by atoms with E-state index in [4.69, 9.17) is 4.74 Å². The van der Waals surface area contributed by atoms with Gasteiger partial charge in [0.1, 0.15) is 0 Å². The van der Waals surface area contributed by atoms with Crippen molar-refractivity contribution in [3.05, 3.63) is 11.9 Å². The van der Waals surface area contributed by atoms with E-state index in [0.29, 0.717) is 0 Å². The van der Waals surface area contributed by atoms with Crippen LogP contribution in [0.15, 0.2) is 6.20 Å². The first kappa shape index (κ1) is 14.1. The summed E-state index contributed by atoms with van der Waals surface area (Å²) in [4.78, 5) is 0. The summed E-state index contributed by atoms with van der Waals surface area (Å²) < 4.78 is 7.32. The fourth-order valence-corrected chi connectivity index (χ4v) is 1.90. The molecule has 5 heteroatoms. The molecule has 2 unspecified atom stereocenters. The van der Waals surface area contributed by atoms with Gasteiger partial charge in [-0.3, -0.25) is 0 Å². The Morgan fingerprint density at radius 2 is 2.24 bits per heavy atom. The summed E-state index contributed by atoms with van der Waals surface area (Å²) in [5, 5.41) is 11.6. The molecule has 1 rings (SSSR count). The number of nitrogens with zero attached hydrogens (tertiary/aromatic N) is 3. The van der Waals surface area contributed by atoms with Crippen LogP contribution in [-0.4, -0.2) is 34.8 Å². The summed E-state index contributed by atoms with van der Waals surface area (Å²) in [5.41, 5.74) is 1.15. The lowest BCUT2D eigenvalue weighted by Gasteiger charge is -2.21.